The second kappa shape index (κ2) is 5.77. The summed E-state index contributed by atoms with van der Waals surface area (Å²) in [6.45, 7) is 0.328. The van der Waals surface area contributed by atoms with Crippen LogP contribution in [0.15, 0.2) is 48.9 Å². The van der Waals surface area contributed by atoms with E-state index in [0.29, 0.717) is 17.6 Å². The Balaban J connectivity index is 1.93. The van der Waals surface area contributed by atoms with Gasteiger partial charge in [-0.3, -0.25) is 14.8 Å². The smallest absolute Gasteiger partial charge is 0.270 e. The number of pyridine rings is 2. The number of carbonyl (C=O) groups excluding carboxylic acids is 1. The summed E-state index contributed by atoms with van der Waals surface area (Å²) in [7, 11) is 0. The number of aromatic nitrogens is 2. The summed E-state index contributed by atoms with van der Waals surface area (Å²) in [6, 6.07) is 7.80. The van der Waals surface area contributed by atoms with Crippen LogP contribution in [-0.4, -0.2) is 15.9 Å². The first-order valence-electron chi connectivity index (χ1n) is 6.66. The fraction of sp³-hybridized carbons (Fsp3) is 0.0625. The zero-order valence-corrected chi connectivity index (χ0v) is 11.6. The van der Waals surface area contributed by atoms with Crippen molar-refractivity contribution in [2.24, 2.45) is 0 Å². The highest BCUT2D eigenvalue weighted by Crippen LogP contribution is 2.25. The van der Waals surface area contributed by atoms with E-state index in [1.165, 1.54) is 24.4 Å². The predicted octanol–water partition coefficient (Wildman–Crippen LogP) is 2.28. The first-order valence-corrected chi connectivity index (χ1v) is 6.66. The van der Waals surface area contributed by atoms with Crippen LogP contribution in [0.1, 0.15) is 16.1 Å². The molecule has 0 aliphatic carbocycles. The molecule has 0 spiro atoms. The zero-order valence-electron chi connectivity index (χ0n) is 11.6. The maximum atomic E-state index is 13.8. The van der Waals surface area contributed by atoms with Gasteiger partial charge in [0.15, 0.2) is 0 Å². The van der Waals surface area contributed by atoms with Crippen molar-refractivity contribution in [2.75, 3.05) is 5.73 Å². The minimum absolute atomic E-state index is 0.114. The molecule has 22 heavy (non-hydrogen) atoms. The van der Waals surface area contributed by atoms with E-state index < -0.39 is 11.7 Å². The number of nitrogens with zero attached hydrogens (tertiary/aromatic N) is 2. The van der Waals surface area contributed by atoms with Gasteiger partial charge in [0.05, 0.1) is 0 Å². The summed E-state index contributed by atoms with van der Waals surface area (Å²) in [5.41, 5.74) is 7.21. The Bertz CT molecular complexity index is 836. The average Bonchev–Trinajstić information content (AvgIpc) is 2.56. The SMILES string of the molecule is Nc1ccc(F)c2ccnc(C(=O)NCc3ccncc3)c12. The molecule has 0 unspecified atom stereocenters. The minimum atomic E-state index is -0.435. The minimum Gasteiger partial charge on any atom is -0.398 e. The number of rotatable bonds is 3. The highest BCUT2D eigenvalue weighted by atomic mass is 19.1. The number of hydrogen-bond donors (Lipinski definition) is 2. The second-order valence-electron chi connectivity index (χ2n) is 4.76. The highest BCUT2D eigenvalue weighted by molar-refractivity contribution is 6.09. The third-order valence-electron chi connectivity index (χ3n) is 3.32. The number of nitrogens with one attached hydrogen (secondary N) is 1. The Morgan fingerprint density at radius 2 is 1.91 bits per heavy atom. The van der Waals surface area contributed by atoms with E-state index in [4.69, 9.17) is 5.73 Å². The monoisotopic (exact) mass is 296 g/mol. The zero-order chi connectivity index (χ0) is 15.5. The van der Waals surface area contributed by atoms with Crippen molar-refractivity contribution in [1.82, 2.24) is 15.3 Å². The van der Waals surface area contributed by atoms with Gasteiger partial charge in [0.1, 0.15) is 11.5 Å². The van der Waals surface area contributed by atoms with Crippen molar-refractivity contribution in [3.63, 3.8) is 0 Å². The Morgan fingerprint density at radius 1 is 1.14 bits per heavy atom. The number of nitrogen functional groups attached to an aromatic ring is 1. The van der Waals surface area contributed by atoms with E-state index in [0.717, 1.165) is 5.56 Å². The predicted molar refractivity (Wildman–Crippen MR) is 81.5 cm³/mol. The topological polar surface area (TPSA) is 80.9 Å². The molecule has 0 atom stereocenters. The van der Waals surface area contributed by atoms with Gasteiger partial charge < -0.3 is 11.1 Å². The van der Waals surface area contributed by atoms with Gasteiger partial charge in [-0.2, -0.15) is 0 Å². The summed E-state index contributed by atoms with van der Waals surface area (Å²) in [5.74, 6) is -0.838. The van der Waals surface area contributed by atoms with Crippen molar-refractivity contribution >= 4 is 22.4 Å². The van der Waals surface area contributed by atoms with Gasteiger partial charge in [-0.25, -0.2) is 4.39 Å². The van der Waals surface area contributed by atoms with Crippen molar-refractivity contribution in [3.05, 3.63) is 66.0 Å². The Kier molecular flexibility index (Phi) is 3.65. The van der Waals surface area contributed by atoms with Gasteiger partial charge in [-0.1, -0.05) is 0 Å². The normalized spacial score (nSPS) is 10.6. The lowest BCUT2D eigenvalue weighted by Gasteiger charge is -2.09. The number of nitrogens with two attached hydrogens (primary N) is 1. The van der Waals surface area contributed by atoms with Crippen LogP contribution < -0.4 is 11.1 Å². The van der Waals surface area contributed by atoms with E-state index in [1.54, 1.807) is 24.5 Å². The molecule has 2 aromatic heterocycles. The van der Waals surface area contributed by atoms with Crippen LogP contribution in [-0.2, 0) is 6.54 Å². The van der Waals surface area contributed by atoms with E-state index >= 15 is 0 Å². The summed E-state index contributed by atoms with van der Waals surface area (Å²) in [4.78, 5) is 20.3. The molecular formula is C16H13FN4O. The molecule has 110 valence electrons. The Hall–Kier alpha value is -3.02. The van der Waals surface area contributed by atoms with Crippen LogP contribution in [0.4, 0.5) is 10.1 Å². The first kappa shape index (κ1) is 13.9. The lowest BCUT2D eigenvalue weighted by Crippen LogP contribution is -2.24. The summed E-state index contributed by atoms with van der Waals surface area (Å²) < 4.78 is 13.8. The summed E-state index contributed by atoms with van der Waals surface area (Å²) in [6.07, 6.45) is 4.68. The maximum absolute atomic E-state index is 13.8. The number of fused-ring (bicyclic) bond motifs is 1. The lowest BCUT2D eigenvalue weighted by atomic mass is 10.1. The number of anilines is 1. The van der Waals surface area contributed by atoms with E-state index in [2.05, 4.69) is 15.3 Å². The molecule has 6 heteroatoms. The number of carbonyl (C=O) groups is 1. The lowest BCUT2D eigenvalue weighted by molar-refractivity contribution is 0.0948. The van der Waals surface area contributed by atoms with Crippen molar-refractivity contribution in [2.45, 2.75) is 6.54 Å². The van der Waals surface area contributed by atoms with Gasteiger partial charge in [-0.15, -0.1) is 0 Å². The average molecular weight is 296 g/mol. The largest absolute Gasteiger partial charge is 0.398 e. The van der Waals surface area contributed by atoms with Crippen molar-refractivity contribution in [3.8, 4) is 0 Å². The van der Waals surface area contributed by atoms with Gasteiger partial charge in [0, 0.05) is 41.6 Å². The Labute approximate surface area is 126 Å². The van der Waals surface area contributed by atoms with Gasteiger partial charge in [0.2, 0.25) is 0 Å². The van der Waals surface area contributed by atoms with Crippen molar-refractivity contribution < 1.29 is 9.18 Å². The quantitative estimate of drug-likeness (QED) is 0.727. The standard InChI is InChI=1S/C16H13FN4O/c17-12-1-2-13(18)14-11(12)5-8-20-15(14)16(22)21-9-10-3-6-19-7-4-10/h1-8H,9,18H2,(H,21,22). The molecule has 5 nitrogen and oxygen atoms in total. The fourth-order valence-corrected chi connectivity index (χ4v) is 2.23. The number of hydrogen-bond acceptors (Lipinski definition) is 4. The fourth-order valence-electron chi connectivity index (χ4n) is 2.23. The summed E-state index contributed by atoms with van der Waals surface area (Å²) >= 11 is 0. The second-order valence-corrected chi connectivity index (χ2v) is 4.76. The van der Waals surface area contributed by atoms with Crippen LogP contribution in [0.25, 0.3) is 10.8 Å². The molecule has 0 bridgehead atoms. The molecule has 1 amide bonds. The molecule has 0 fully saturated rings. The van der Waals surface area contributed by atoms with Gasteiger partial charge >= 0.3 is 0 Å². The van der Waals surface area contributed by atoms with Gasteiger partial charge in [0.25, 0.3) is 5.91 Å². The first-order chi connectivity index (χ1) is 10.7. The molecule has 3 rings (SSSR count). The molecule has 2 heterocycles. The Morgan fingerprint density at radius 3 is 2.68 bits per heavy atom. The molecule has 3 aromatic rings. The molecule has 0 saturated carbocycles. The molecular weight excluding hydrogens is 283 g/mol. The van der Waals surface area contributed by atoms with Crippen LogP contribution in [0.5, 0.6) is 0 Å². The maximum Gasteiger partial charge on any atom is 0.270 e. The molecule has 0 radical (unpaired) electrons. The number of benzene rings is 1. The molecule has 0 saturated heterocycles. The van der Waals surface area contributed by atoms with Crippen LogP contribution >= 0.6 is 0 Å². The van der Waals surface area contributed by atoms with E-state index in [9.17, 15) is 9.18 Å². The van der Waals surface area contributed by atoms with Gasteiger partial charge in [-0.05, 0) is 35.9 Å². The van der Waals surface area contributed by atoms with E-state index in [-0.39, 0.29) is 11.1 Å². The van der Waals surface area contributed by atoms with Crippen LogP contribution in [0.2, 0.25) is 0 Å². The number of halogens is 1. The van der Waals surface area contributed by atoms with E-state index in [1.807, 2.05) is 0 Å². The van der Waals surface area contributed by atoms with Crippen LogP contribution in [0, 0.1) is 5.82 Å². The third kappa shape index (κ3) is 2.58. The number of amides is 1. The molecule has 3 N–H and O–H groups in total. The molecule has 1 aromatic carbocycles. The summed E-state index contributed by atoms with van der Waals surface area (Å²) in [5, 5.41) is 3.36. The molecule has 0 aliphatic heterocycles. The molecule has 0 aliphatic rings. The third-order valence-corrected chi connectivity index (χ3v) is 3.32. The highest BCUT2D eigenvalue weighted by Gasteiger charge is 2.15. The van der Waals surface area contributed by atoms with Crippen LogP contribution in [0.3, 0.4) is 0 Å². The van der Waals surface area contributed by atoms with Crippen molar-refractivity contribution in [1.29, 1.82) is 0 Å².